The summed E-state index contributed by atoms with van der Waals surface area (Å²) in [6.07, 6.45) is -5.95. The molecule has 4 nitrogen and oxygen atoms in total. The van der Waals surface area contributed by atoms with Gasteiger partial charge in [0.25, 0.3) is 0 Å². The van der Waals surface area contributed by atoms with Crippen LogP contribution in [-0.2, 0) is 4.74 Å². The zero-order chi connectivity index (χ0) is 17.4. The SMILES string of the molecule is COc1ccc2c(c1)C(CC(F)(F)F)CN2C(=O)OC(C)(C)C. The van der Waals surface area contributed by atoms with Gasteiger partial charge in [-0.2, -0.15) is 13.2 Å². The minimum absolute atomic E-state index is 0.0586. The molecule has 0 bridgehead atoms. The van der Waals surface area contributed by atoms with Crippen molar-refractivity contribution >= 4 is 11.8 Å². The summed E-state index contributed by atoms with van der Waals surface area (Å²) in [6, 6.07) is 4.76. The van der Waals surface area contributed by atoms with E-state index in [9.17, 15) is 18.0 Å². The molecule has 1 heterocycles. The summed E-state index contributed by atoms with van der Waals surface area (Å²) in [7, 11) is 1.45. The Hall–Kier alpha value is -1.92. The number of carbonyl (C=O) groups is 1. The molecule has 128 valence electrons. The van der Waals surface area contributed by atoms with E-state index in [-0.39, 0.29) is 6.54 Å². The van der Waals surface area contributed by atoms with Gasteiger partial charge in [-0.15, -0.1) is 0 Å². The number of rotatable bonds is 2. The van der Waals surface area contributed by atoms with Gasteiger partial charge in [0.2, 0.25) is 0 Å². The van der Waals surface area contributed by atoms with Crippen molar-refractivity contribution in [2.45, 2.75) is 44.9 Å². The van der Waals surface area contributed by atoms with E-state index >= 15 is 0 Å². The molecule has 1 aromatic rings. The van der Waals surface area contributed by atoms with E-state index in [1.165, 1.54) is 12.0 Å². The molecule has 1 aliphatic heterocycles. The van der Waals surface area contributed by atoms with Crippen LogP contribution in [0.15, 0.2) is 18.2 Å². The number of methoxy groups -OCH3 is 1. The van der Waals surface area contributed by atoms with E-state index in [4.69, 9.17) is 9.47 Å². The average molecular weight is 331 g/mol. The van der Waals surface area contributed by atoms with Gasteiger partial charge in [-0.1, -0.05) is 0 Å². The van der Waals surface area contributed by atoms with Gasteiger partial charge in [-0.05, 0) is 44.5 Å². The van der Waals surface area contributed by atoms with Gasteiger partial charge in [-0.25, -0.2) is 4.79 Å². The lowest BCUT2D eigenvalue weighted by Crippen LogP contribution is -2.36. The van der Waals surface area contributed by atoms with Crippen LogP contribution < -0.4 is 9.64 Å². The number of amides is 1. The summed E-state index contributed by atoms with van der Waals surface area (Å²) < 4.78 is 48.8. The van der Waals surface area contributed by atoms with Gasteiger partial charge in [0.15, 0.2) is 0 Å². The first-order valence-electron chi connectivity index (χ1n) is 7.25. The maximum Gasteiger partial charge on any atom is 0.414 e. The summed E-state index contributed by atoms with van der Waals surface area (Å²) >= 11 is 0. The van der Waals surface area contributed by atoms with Crippen LogP contribution in [0.3, 0.4) is 0 Å². The highest BCUT2D eigenvalue weighted by Gasteiger charge is 2.41. The lowest BCUT2D eigenvalue weighted by atomic mass is 9.97. The fourth-order valence-electron chi connectivity index (χ4n) is 2.59. The standard InChI is InChI=1S/C16H20F3NO3/c1-15(2,3)23-14(21)20-9-10(8-16(17,18)19)12-7-11(22-4)5-6-13(12)20/h5-7,10H,8-9H2,1-4H3. The van der Waals surface area contributed by atoms with Crippen molar-refractivity contribution in [3.8, 4) is 5.75 Å². The van der Waals surface area contributed by atoms with Gasteiger partial charge in [-0.3, -0.25) is 4.90 Å². The highest BCUT2D eigenvalue weighted by Crippen LogP contribution is 2.44. The summed E-state index contributed by atoms with van der Waals surface area (Å²) in [5.74, 6) is -0.366. The Labute approximate surface area is 133 Å². The molecular weight excluding hydrogens is 311 g/mol. The van der Waals surface area contributed by atoms with Crippen LogP contribution in [0.25, 0.3) is 0 Å². The van der Waals surface area contributed by atoms with Gasteiger partial charge < -0.3 is 9.47 Å². The monoisotopic (exact) mass is 331 g/mol. The smallest absolute Gasteiger partial charge is 0.414 e. The molecule has 1 aliphatic rings. The minimum atomic E-state index is -4.31. The molecule has 1 atom stereocenters. The van der Waals surface area contributed by atoms with E-state index in [1.54, 1.807) is 39.0 Å². The van der Waals surface area contributed by atoms with Crippen molar-refractivity contribution in [1.29, 1.82) is 0 Å². The van der Waals surface area contributed by atoms with E-state index in [2.05, 4.69) is 0 Å². The van der Waals surface area contributed by atoms with Gasteiger partial charge in [0, 0.05) is 12.5 Å². The van der Waals surface area contributed by atoms with Crippen LogP contribution in [-0.4, -0.2) is 31.5 Å². The second kappa shape index (κ2) is 5.94. The Balaban J connectivity index is 2.33. The number of hydrogen-bond acceptors (Lipinski definition) is 3. The fourth-order valence-corrected chi connectivity index (χ4v) is 2.59. The Morgan fingerprint density at radius 3 is 2.48 bits per heavy atom. The Morgan fingerprint density at radius 2 is 1.96 bits per heavy atom. The highest BCUT2D eigenvalue weighted by atomic mass is 19.4. The molecule has 0 saturated heterocycles. The summed E-state index contributed by atoms with van der Waals surface area (Å²) in [5, 5.41) is 0. The second-order valence-corrected chi connectivity index (χ2v) is 6.53. The minimum Gasteiger partial charge on any atom is -0.497 e. The molecule has 2 rings (SSSR count). The predicted octanol–water partition coefficient (Wildman–Crippen LogP) is 4.49. The van der Waals surface area contributed by atoms with Gasteiger partial charge in [0.05, 0.1) is 19.2 Å². The second-order valence-electron chi connectivity index (χ2n) is 6.53. The number of hydrogen-bond donors (Lipinski definition) is 0. The molecule has 0 saturated carbocycles. The van der Waals surface area contributed by atoms with Gasteiger partial charge >= 0.3 is 12.3 Å². The first-order chi connectivity index (χ1) is 10.5. The highest BCUT2D eigenvalue weighted by molar-refractivity contribution is 5.91. The zero-order valence-corrected chi connectivity index (χ0v) is 13.5. The van der Waals surface area contributed by atoms with Crippen LogP contribution in [0, 0.1) is 0 Å². The third kappa shape index (κ3) is 4.30. The molecule has 1 amide bonds. The quantitative estimate of drug-likeness (QED) is 0.802. The molecular formula is C16H20F3NO3. The third-order valence-electron chi connectivity index (χ3n) is 3.46. The number of alkyl halides is 3. The number of anilines is 1. The Kier molecular flexibility index (Phi) is 4.50. The molecule has 23 heavy (non-hydrogen) atoms. The molecule has 0 fully saturated rings. The number of nitrogens with zero attached hydrogens (tertiary/aromatic N) is 1. The van der Waals surface area contributed by atoms with E-state index in [1.807, 2.05) is 0 Å². The Bertz CT molecular complexity index is 593. The molecule has 0 spiro atoms. The molecule has 0 radical (unpaired) electrons. The van der Waals surface area contributed by atoms with Crippen LogP contribution in [0.4, 0.5) is 23.7 Å². The number of benzene rings is 1. The first kappa shape index (κ1) is 17.4. The molecule has 0 aliphatic carbocycles. The third-order valence-corrected chi connectivity index (χ3v) is 3.46. The van der Waals surface area contributed by atoms with Crippen molar-refractivity contribution in [2.24, 2.45) is 0 Å². The molecule has 0 aromatic heterocycles. The average Bonchev–Trinajstić information content (AvgIpc) is 2.73. The molecule has 1 aromatic carbocycles. The maximum absolute atomic E-state index is 12.8. The topological polar surface area (TPSA) is 38.8 Å². The van der Waals surface area contributed by atoms with Crippen LogP contribution in [0.1, 0.15) is 38.7 Å². The maximum atomic E-state index is 12.8. The predicted molar refractivity (Wildman–Crippen MR) is 80.0 cm³/mol. The van der Waals surface area contributed by atoms with Crippen molar-refractivity contribution in [3.05, 3.63) is 23.8 Å². The summed E-state index contributed by atoms with van der Waals surface area (Å²) in [6.45, 7) is 5.08. The van der Waals surface area contributed by atoms with Crippen molar-refractivity contribution in [1.82, 2.24) is 0 Å². The Morgan fingerprint density at radius 1 is 1.30 bits per heavy atom. The van der Waals surface area contributed by atoms with Crippen LogP contribution in [0.2, 0.25) is 0 Å². The lowest BCUT2D eigenvalue weighted by Gasteiger charge is -2.25. The van der Waals surface area contributed by atoms with Crippen molar-refractivity contribution < 1.29 is 27.4 Å². The zero-order valence-electron chi connectivity index (χ0n) is 13.5. The number of halogens is 3. The van der Waals surface area contributed by atoms with Crippen molar-refractivity contribution in [2.75, 3.05) is 18.6 Å². The largest absolute Gasteiger partial charge is 0.497 e. The lowest BCUT2D eigenvalue weighted by molar-refractivity contribution is -0.138. The van der Waals surface area contributed by atoms with E-state index in [0.29, 0.717) is 17.0 Å². The van der Waals surface area contributed by atoms with E-state index in [0.717, 1.165) is 0 Å². The molecule has 7 heteroatoms. The summed E-state index contributed by atoms with van der Waals surface area (Å²) in [4.78, 5) is 13.5. The van der Waals surface area contributed by atoms with E-state index < -0.39 is 30.2 Å². The van der Waals surface area contributed by atoms with Crippen LogP contribution >= 0.6 is 0 Å². The van der Waals surface area contributed by atoms with Gasteiger partial charge in [0.1, 0.15) is 11.4 Å². The normalized spacial score (nSPS) is 17.9. The molecule has 1 unspecified atom stereocenters. The number of carbonyl (C=O) groups excluding carboxylic acids is 1. The summed E-state index contributed by atoms with van der Waals surface area (Å²) in [5.41, 5.74) is 0.174. The number of fused-ring (bicyclic) bond motifs is 1. The van der Waals surface area contributed by atoms with Crippen LogP contribution in [0.5, 0.6) is 5.75 Å². The first-order valence-corrected chi connectivity index (χ1v) is 7.25. The molecule has 0 N–H and O–H groups in total. The number of ether oxygens (including phenoxy) is 2. The van der Waals surface area contributed by atoms with Crippen molar-refractivity contribution in [3.63, 3.8) is 0 Å². The fraction of sp³-hybridized carbons (Fsp3) is 0.562.